The first kappa shape index (κ1) is 11.4. The highest BCUT2D eigenvalue weighted by atomic mass is 16.5. The average Bonchev–Trinajstić information content (AvgIpc) is 2.11. The Morgan fingerprint density at radius 3 is 2.58 bits per heavy atom. The smallest absolute Gasteiger partial charge is 0.248 e. The average molecular weight is 175 g/mol. The van der Waals surface area contributed by atoms with Gasteiger partial charge >= 0.3 is 0 Å². The number of aliphatic hydroxyl groups excluding tert-OH is 1. The molecule has 0 aromatic rings. The molecule has 72 valence electrons. The number of nitrogens with one attached hydrogen (secondary N) is 1. The van der Waals surface area contributed by atoms with E-state index in [1.807, 2.05) is 6.92 Å². The highest BCUT2D eigenvalue weighted by molar-refractivity contribution is 5.80. The van der Waals surface area contributed by atoms with Crippen LogP contribution in [-0.4, -0.2) is 37.4 Å². The summed E-state index contributed by atoms with van der Waals surface area (Å²) in [4.78, 5) is 11.1. The fraction of sp³-hybridized carbons (Fsp3) is 0.875. The molecule has 2 atom stereocenters. The Morgan fingerprint density at radius 2 is 2.17 bits per heavy atom. The van der Waals surface area contributed by atoms with E-state index in [9.17, 15) is 4.79 Å². The van der Waals surface area contributed by atoms with E-state index in [4.69, 9.17) is 9.84 Å². The van der Waals surface area contributed by atoms with E-state index < -0.39 is 6.10 Å². The minimum absolute atomic E-state index is 0.0850. The number of aliphatic hydroxyl groups is 1. The largest absolute Gasteiger partial charge is 0.396 e. The summed E-state index contributed by atoms with van der Waals surface area (Å²) in [7, 11) is 1.49. The van der Waals surface area contributed by atoms with Crippen LogP contribution in [0.25, 0.3) is 0 Å². The minimum Gasteiger partial charge on any atom is -0.396 e. The van der Waals surface area contributed by atoms with Gasteiger partial charge in [-0.05, 0) is 12.8 Å². The van der Waals surface area contributed by atoms with Crippen LogP contribution in [-0.2, 0) is 9.53 Å². The van der Waals surface area contributed by atoms with Crippen molar-refractivity contribution in [2.75, 3.05) is 20.3 Å². The van der Waals surface area contributed by atoms with Crippen molar-refractivity contribution in [1.29, 1.82) is 0 Å². The quantitative estimate of drug-likeness (QED) is 0.606. The molecule has 2 unspecified atom stereocenters. The standard InChI is InChI=1S/C8H17NO3/c1-6(5-10)4-9-8(11)7(2)12-3/h6-7,10H,4-5H2,1-3H3,(H,9,11). The maximum atomic E-state index is 11.1. The third-order valence-electron chi connectivity index (χ3n) is 1.66. The first-order valence-electron chi connectivity index (χ1n) is 4.03. The Morgan fingerprint density at radius 1 is 1.58 bits per heavy atom. The lowest BCUT2D eigenvalue weighted by Crippen LogP contribution is -2.37. The summed E-state index contributed by atoms with van der Waals surface area (Å²) in [6.45, 7) is 4.11. The third-order valence-corrected chi connectivity index (χ3v) is 1.66. The second kappa shape index (κ2) is 5.97. The summed E-state index contributed by atoms with van der Waals surface area (Å²) in [5.74, 6) is -0.0455. The van der Waals surface area contributed by atoms with Gasteiger partial charge in [0.05, 0.1) is 0 Å². The van der Waals surface area contributed by atoms with Crippen LogP contribution in [0.2, 0.25) is 0 Å². The maximum Gasteiger partial charge on any atom is 0.248 e. The van der Waals surface area contributed by atoms with Crippen molar-refractivity contribution in [2.24, 2.45) is 5.92 Å². The van der Waals surface area contributed by atoms with Gasteiger partial charge in [-0.3, -0.25) is 4.79 Å². The zero-order valence-corrected chi connectivity index (χ0v) is 7.83. The Balaban J connectivity index is 3.56. The third kappa shape index (κ3) is 4.31. The number of hydrogen-bond acceptors (Lipinski definition) is 3. The fourth-order valence-corrected chi connectivity index (χ4v) is 0.590. The monoisotopic (exact) mass is 175 g/mol. The SMILES string of the molecule is COC(C)C(=O)NCC(C)CO. The molecule has 0 aliphatic heterocycles. The minimum atomic E-state index is -0.420. The number of rotatable bonds is 5. The summed E-state index contributed by atoms with van der Waals surface area (Å²) in [6.07, 6.45) is -0.420. The van der Waals surface area contributed by atoms with Gasteiger partial charge in [-0.15, -0.1) is 0 Å². The molecule has 0 saturated heterocycles. The molecule has 12 heavy (non-hydrogen) atoms. The van der Waals surface area contributed by atoms with Gasteiger partial charge < -0.3 is 15.2 Å². The molecule has 4 heteroatoms. The number of ether oxygens (including phenoxy) is 1. The molecule has 0 aromatic heterocycles. The Hall–Kier alpha value is -0.610. The van der Waals surface area contributed by atoms with Gasteiger partial charge in [0.1, 0.15) is 6.10 Å². The molecular formula is C8H17NO3. The van der Waals surface area contributed by atoms with E-state index in [0.29, 0.717) is 6.54 Å². The molecule has 0 fully saturated rings. The Labute approximate surface area is 72.9 Å². The summed E-state index contributed by atoms with van der Waals surface area (Å²) in [6, 6.07) is 0. The molecule has 1 amide bonds. The van der Waals surface area contributed by atoms with E-state index >= 15 is 0 Å². The van der Waals surface area contributed by atoms with Gasteiger partial charge in [-0.1, -0.05) is 6.92 Å². The van der Waals surface area contributed by atoms with Gasteiger partial charge in [0.25, 0.3) is 0 Å². The van der Waals surface area contributed by atoms with Crippen LogP contribution in [0, 0.1) is 5.92 Å². The lowest BCUT2D eigenvalue weighted by atomic mass is 10.2. The van der Waals surface area contributed by atoms with E-state index in [-0.39, 0.29) is 18.4 Å². The molecule has 0 saturated carbocycles. The number of methoxy groups -OCH3 is 1. The van der Waals surface area contributed by atoms with Crippen molar-refractivity contribution in [2.45, 2.75) is 20.0 Å². The van der Waals surface area contributed by atoms with Crippen LogP contribution in [0.15, 0.2) is 0 Å². The summed E-state index contributed by atoms with van der Waals surface area (Å²) < 4.78 is 4.80. The van der Waals surface area contributed by atoms with Gasteiger partial charge in [0, 0.05) is 20.3 Å². The number of hydrogen-bond donors (Lipinski definition) is 2. The predicted octanol–water partition coefficient (Wildman–Crippen LogP) is -0.234. The molecule has 0 aliphatic rings. The van der Waals surface area contributed by atoms with Crippen molar-refractivity contribution in [3.05, 3.63) is 0 Å². The van der Waals surface area contributed by atoms with Crippen LogP contribution in [0.5, 0.6) is 0 Å². The van der Waals surface area contributed by atoms with Crippen LogP contribution in [0.4, 0.5) is 0 Å². The van der Waals surface area contributed by atoms with Gasteiger partial charge in [-0.25, -0.2) is 0 Å². The number of amides is 1. The number of carbonyl (C=O) groups excluding carboxylic acids is 1. The molecule has 0 spiro atoms. The molecule has 0 aromatic carbocycles. The molecule has 0 bridgehead atoms. The molecule has 0 radical (unpaired) electrons. The Bertz CT molecular complexity index is 138. The second-order valence-corrected chi connectivity index (χ2v) is 2.91. The highest BCUT2D eigenvalue weighted by Gasteiger charge is 2.11. The van der Waals surface area contributed by atoms with Crippen LogP contribution in [0.1, 0.15) is 13.8 Å². The molecule has 0 aliphatic carbocycles. The predicted molar refractivity (Wildman–Crippen MR) is 45.7 cm³/mol. The summed E-state index contributed by atoms with van der Waals surface area (Å²) in [5.41, 5.74) is 0. The van der Waals surface area contributed by atoms with Crippen LogP contribution >= 0.6 is 0 Å². The molecule has 2 N–H and O–H groups in total. The second-order valence-electron chi connectivity index (χ2n) is 2.91. The zero-order valence-electron chi connectivity index (χ0n) is 7.83. The molecule has 0 rings (SSSR count). The molecule has 0 heterocycles. The van der Waals surface area contributed by atoms with Crippen molar-refractivity contribution in [3.8, 4) is 0 Å². The number of carbonyl (C=O) groups is 1. The summed E-state index contributed by atoms with van der Waals surface area (Å²) in [5, 5.41) is 11.3. The van der Waals surface area contributed by atoms with Gasteiger partial charge in [-0.2, -0.15) is 0 Å². The van der Waals surface area contributed by atoms with Crippen molar-refractivity contribution in [3.63, 3.8) is 0 Å². The van der Waals surface area contributed by atoms with Crippen LogP contribution < -0.4 is 5.32 Å². The van der Waals surface area contributed by atoms with Crippen molar-refractivity contribution < 1.29 is 14.6 Å². The molecular weight excluding hydrogens is 158 g/mol. The normalized spacial score (nSPS) is 15.3. The Kier molecular flexibility index (Phi) is 5.66. The van der Waals surface area contributed by atoms with E-state index in [1.54, 1.807) is 6.92 Å². The zero-order chi connectivity index (χ0) is 9.56. The van der Waals surface area contributed by atoms with Crippen molar-refractivity contribution >= 4 is 5.91 Å². The van der Waals surface area contributed by atoms with Crippen molar-refractivity contribution in [1.82, 2.24) is 5.32 Å². The first-order valence-corrected chi connectivity index (χ1v) is 4.03. The maximum absolute atomic E-state index is 11.1. The lowest BCUT2D eigenvalue weighted by molar-refractivity contribution is -0.130. The van der Waals surface area contributed by atoms with E-state index in [2.05, 4.69) is 5.32 Å². The van der Waals surface area contributed by atoms with Crippen LogP contribution in [0.3, 0.4) is 0 Å². The first-order chi connectivity index (χ1) is 5.61. The fourth-order valence-electron chi connectivity index (χ4n) is 0.590. The highest BCUT2D eigenvalue weighted by Crippen LogP contribution is 1.91. The van der Waals surface area contributed by atoms with Gasteiger partial charge in [0.2, 0.25) is 5.91 Å². The van der Waals surface area contributed by atoms with E-state index in [1.165, 1.54) is 7.11 Å². The lowest BCUT2D eigenvalue weighted by Gasteiger charge is -2.12. The van der Waals surface area contributed by atoms with Gasteiger partial charge in [0.15, 0.2) is 0 Å². The topological polar surface area (TPSA) is 58.6 Å². The summed E-state index contributed by atoms with van der Waals surface area (Å²) >= 11 is 0. The molecule has 4 nitrogen and oxygen atoms in total. The van der Waals surface area contributed by atoms with E-state index in [0.717, 1.165) is 0 Å².